The van der Waals surface area contributed by atoms with Crippen molar-refractivity contribution >= 4 is 39.0 Å². The maximum atomic E-state index is 12.2. The molecule has 0 aliphatic heterocycles. The molecule has 0 spiro atoms. The summed E-state index contributed by atoms with van der Waals surface area (Å²) in [5.74, 6) is -2.05. The van der Waals surface area contributed by atoms with Gasteiger partial charge in [0.1, 0.15) is 4.88 Å². The van der Waals surface area contributed by atoms with E-state index in [9.17, 15) is 23.1 Å². The smallest absolute Gasteiger partial charge is 0.350 e. The third-order valence-corrected chi connectivity index (χ3v) is 4.96. The summed E-state index contributed by atoms with van der Waals surface area (Å²) in [5.41, 5.74) is -0.0365. The molecule has 1 heterocycles. The average Bonchev–Trinajstić information content (AvgIpc) is 2.94. The average molecular weight is 340 g/mol. The minimum Gasteiger partial charge on any atom is -0.545 e. The molecule has 1 aromatic carbocycles. The van der Waals surface area contributed by atoms with E-state index in [4.69, 9.17) is 0 Å². The number of hydrogen-bond acceptors (Lipinski definition) is 7. The lowest BCUT2D eigenvalue weighted by Crippen LogP contribution is -2.22. The van der Waals surface area contributed by atoms with Crippen LogP contribution in [0.2, 0.25) is 0 Å². The second-order valence-corrected chi connectivity index (χ2v) is 6.67. The summed E-state index contributed by atoms with van der Waals surface area (Å²) in [6, 6.07) is 5.96. The van der Waals surface area contributed by atoms with E-state index in [2.05, 4.69) is 9.46 Å². The summed E-state index contributed by atoms with van der Waals surface area (Å²) in [5, 5.41) is 12.2. The Kier molecular flexibility index (Phi) is 4.48. The van der Waals surface area contributed by atoms with Crippen molar-refractivity contribution in [2.24, 2.45) is 0 Å². The zero-order chi connectivity index (χ0) is 16.3. The molecule has 0 saturated heterocycles. The number of carboxylic acids is 1. The first-order valence-electron chi connectivity index (χ1n) is 5.85. The highest BCUT2D eigenvalue weighted by Gasteiger charge is 2.20. The summed E-state index contributed by atoms with van der Waals surface area (Å²) in [6.07, 6.45) is 0. The lowest BCUT2D eigenvalue weighted by molar-refractivity contribution is -0.255. The van der Waals surface area contributed by atoms with E-state index in [-0.39, 0.29) is 21.0 Å². The molecular weight excluding hydrogens is 330 g/mol. The van der Waals surface area contributed by atoms with Gasteiger partial charge in [-0.3, -0.25) is 4.72 Å². The first-order valence-corrected chi connectivity index (χ1v) is 8.21. The first-order chi connectivity index (χ1) is 10.3. The second-order valence-electron chi connectivity index (χ2n) is 4.07. The number of aromatic carboxylic acids is 1. The molecule has 2 rings (SSSR count). The molecule has 0 bridgehead atoms. The maximum absolute atomic E-state index is 12.2. The fourth-order valence-electron chi connectivity index (χ4n) is 1.61. The third kappa shape index (κ3) is 3.26. The van der Waals surface area contributed by atoms with Gasteiger partial charge >= 0.3 is 5.97 Å². The van der Waals surface area contributed by atoms with Crippen molar-refractivity contribution in [3.8, 4) is 0 Å². The van der Waals surface area contributed by atoms with Crippen LogP contribution in [-0.4, -0.2) is 27.5 Å². The van der Waals surface area contributed by atoms with Crippen LogP contribution in [0.5, 0.6) is 0 Å². The van der Waals surface area contributed by atoms with Gasteiger partial charge in [0.2, 0.25) is 0 Å². The van der Waals surface area contributed by atoms with Crippen LogP contribution < -0.4 is 9.83 Å². The molecule has 0 unspecified atom stereocenters. The summed E-state index contributed by atoms with van der Waals surface area (Å²) < 4.78 is 31.3. The van der Waals surface area contributed by atoms with Gasteiger partial charge in [0.15, 0.2) is 0 Å². The standard InChI is InChI=1S/C13H11NO6S2/c1-20-13(17)11-10(6-7-21-11)14-22(18,19)9-4-2-8(3-5-9)12(15)16/h2-7,14H,1H3,(H,15,16)/p-1. The predicted molar refractivity (Wildman–Crippen MR) is 77.2 cm³/mol. The minimum absolute atomic E-state index is 0.0980. The van der Waals surface area contributed by atoms with Gasteiger partial charge in [-0.2, -0.15) is 0 Å². The van der Waals surface area contributed by atoms with Crippen molar-refractivity contribution in [2.45, 2.75) is 4.90 Å². The number of carbonyl (C=O) groups excluding carboxylic acids is 2. The SMILES string of the molecule is COC(=O)c1sccc1NS(=O)(=O)c1ccc(C(=O)[O-])cc1. The number of carbonyl (C=O) groups is 2. The Hall–Kier alpha value is -2.39. The van der Waals surface area contributed by atoms with Crippen molar-refractivity contribution in [1.29, 1.82) is 0 Å². The summed E-state index contributed by atoms with van der Waals surface area (Å²) in [4.78, 5) is 22.1. The Morgan fingerprint density at radius 3 is 2.36 bits per heavy atom. The first kappa shape index (κ1) is 16.0. The highest BCUT2D eigenvalue weighted by Crippen LogP contribution is 2.26. The van der Waals surface area contributed by atoms with Gasteiger partial charge < -0.3 is 14.6 Å². The van der Waals surface area contributed by atoms with Gasteiger partial charge in [-0.1, -0.05) is 12.1 Å². The van der Waals surface area contributed by atoms with Gasteiger partial charge in [-0.05, 0) is 29.1 Å². The highest BCUT2D eigenvalue weighted by molar-refractivity contribution is 7.92. The van der Waals surface area contributed by atoms with Crippen molar-refractivity contribution in [1.82, 2.24) is 0 Å². The molecule has 116 valence electrons. The van der Waals surface area contributed by atoms with E-state index in [0.29, 0.717) is 0 Å². The summed E-state index contributed by atoms with van der Waals surface area (Å²) in [6.45, 7) is 0. The number of ether oxygens (including phenoxy) is 1. The van der Waals surface area contributed by atoms with Crippen molar-refractivity contribution in [2.75, 3.05) is 11.8 Å². The zero-order valence-electron chi connectivity index (χ0n) is 11.2. The van der Waals surface area contributed by atoms with Crippen molar-refractivity contribution in [3.05, 3.63) is 46.2 Å². The number of thiophene rings is 1. The zero-order valence-corrected chi connectivity index (χ0v) is 12.9. The predicted octanol–water partition coefficient (Wildman–Crippen LogP) is 0.699. The van der Waals surface area contributed by atoms with Crippen LogP contribution in [0.25, 0.3) is 0 Å². The Labute approximate surface area is 130 Å². The van der Waals surface area contributed by atoms with E-state index >= 15 is 0 Å². The minimum atomic E-state index is -3.95. The molecule has 2 aromatic rings. The molecule has 1 aromatic heterocycles. The van der Waals surface area contributed by atoms with Crippen LogP contribution in [0.4, 0.5) is 5.69 Å². The summed E-state index contributed by atoms with van der Waals surface area (Å²) in [7, 11) is -2.76. The van der Waals surface area contributed by atoms with E-state index < -0.39 is 22.0 Å². The van der Waals surface area contributed by atoms with Crippen LogP contribution in [0.3, 0.4) is 0 Å². The monoisotopic (exact) mass is 340 g/mol. The van der Waals surface area contributed by atoms with E-state index in [1.807, 2.05) is 0 Å². The molecule has 22 heavy (non-hydrogen) atoms. The number of sulfonamides is 1. The van der Waals surface area contributed by atoms with Gasteiger partial charge in [0.25, 0.3) is 10.0 Å². The number of methoxy groups -OCH3 is 1. The van der Waals surface area contributed by atoms with Crippen LogP contribution in [0.1, 0.15) is 20.0 Å². The van der Waals surface area contributed by atoms with E-state index in [1.165, 1.54) is 13.2 Å². The highest BCUT2D eigenvalue weighted by atomic mass is 32.2. The molecule has 1 N–H and O–H groups in total. The molecule has 9 heteroatoms. The quantitative estimate of drug-likeness (QED) is 0.802. The van der Waals surface area contributed by atoms with Gasteiger partial charge in [-0.25, -0.2) is 13.2 Å². The lowest BCUT2D eigenvalue weighted by Gasteiger charge is -2.09. The van der Waals surface area contributed by atoms with Gasteiger partial charge in [-0.15, -0.1) is 11.3 Å². The molecule has 0 atom stereocenters. The Bertz CT molecular complexity index is 807. The molecular formula is C13H10NO6S2-. The third-order valence-electron chi connectivity index (χ3n) is 2.68. The van der Waals surface area contributed by atoms with Crippen LogP contribution >= 0.6 is 11.3 Å². The Balaban J connectivity index is 2.30. The molecule has 0 aliphatic carbocycles. The normalized spacial score (nSPS) is 11.0. The van der Waals surface area contributed by atoms with Crippen molar-refractivity contribution in [3.63, 3.8) is 0 Å². The van der Waals surface area contributed by atoms with Crippen LogP contribution in [0, 0.1) is 0 Å². The number of esters is 1. The Morgan fingerprint density at radius 2 is 1.82 bits per heavy atom. The van der Waals surface area contributed by atoms with Crippen LogP contribution in [0.15, 0.2) is 40.6 Å². The van der Waals surface area contributed by atoms with Gasteiger partial charge in [0.05, 0.1) is 23.7 Å². The molecule has 0 amide bonds. The fraction of sp³-hybridized carbons (Fsp3) is 0.0769. The second kappa shape index (κ2) is 6.16. The molecule has 7 nitrogen and oxygen atoms in total. The number of anilines is 1. The largest absolute Gasteiger partial charge is 0.545 e. The fourth-order valence-corrected chi connectivity index (χ4v) is 3.52. The van der Waals surface area contributed by atoms with E-state index in [1.54, 1.807) is 5.38 Å². The number of benzene rings is 1. The Morgan fingerprint density at radius 1 is 1.18 bits per heavy atom. The number of rotatable bonds is 5. The number of carboxylic acid groups (broad SMARTS) is 1. The topological polar surface area (TPSA) is 113 Å². The molecule has 0 fully saturated rings. The summed E-state index contributed by atoms with van der Waals surface area (Å²) >= 11 is 1.04. The molecule has 0 saturated carbocycles. The van der Waals surface area contributed by atoms with E-state index in [0.717, 1.165) is 35.6 Å². The van der Waals surface area contributed by atoms with Crippen LogP contribution in [-0.2, 0) is 14.8 Å². The lowest BCUT2D eigenvalue weighted by atomic mass is 10.2. The molecule has 0 aliphatic rings. The van der Waals surface area contributed by atoms with Gasteiger partial charge in [0, 0.05) is 0 Å². The molecule has 0 radical (unpaired) electrons. The maximum Gasteiger partial charge on any atom is 0.350 e. The number of nitrogens with one attached hydrogen (secondary N) is 1. The van der Waals surface area contributed by atoms with Crippen molar-refractivity contribution < 1.29 is 27.9 Å². The number of hydrogen-bond donors (Lipinski definition) is 1.